The topological polar surface area (TPSA) is 32.3 Å². The summed E-state index contributed by atoms with van der Waals surface area (Å²) in [7, 11) is 0. The Morgan fingerprint density at radius 3 is 2.35 bits per heavy atom. The molecule has 1 N–H and O–H groups in total. The van der Waals surface area contributed by atoms with Crippen LogP contribution in [0.25, 0.3) is 0 Å². The van der Waals surface area contributed by atoms with Gasteiger partial charge in [0.15, 0.2) is 0 Å². The number of carbonyl (C=O) groups excluding carboxylic acids is 1. The highest BCUT2D eigenvalue weighted by Crippen LogP contribution is 2.14. The van der Waals surface area contributed by atoms with Gasteiger partial charge in [0.25, 0.3) is 5.91 Å². The third-order valence-corrected chi connectivity index (χ3v) is 2.91. The number of hydrogen-bond donors (Lipinski definition) is 1. The standard InChI is InChI=1S/C12H14F2N2O/c1-2-16(11-6-15-7-11)12(17)8-3-9(13)5-10(14)4-8/h3-5,11,15H,2,6-7H2,1H3. The number of halogens is 2. The van der Waals surface area contributed by atoms with Crippen LogP contribution in [-0.4, -0.2) is 36.5 Å². The zero-order chi connectivity index (χ0) is 12.4. The van der Waals surface area contributed by atoms with Crippen LogP contribution in [0.4, 0.5) is 8.78 Å². The number of amides is 1. The molecule has 1 aliphatic heterocycles. The van der Waals surface area contributed by atoms with Crippen molar-refractivity contribution in [1.82, 2.24) is 10.2 Å². The molecule has 0 spiro atoms. The number of rotatable bonds is 3. The average Bonchev–Trinajstić information content (AvgIpc) is 2.20. The summed E-state index contributed by atoms with van der Waals surface area (Å²) in [6.45, 7) is 3.85. The normalized spacial score (nSPS) is 15.5. The molecule has 1 saturated heterocycles. The van der Waals surface area contributed by atoms with E-state index in [0.717, 1.165) is 31.3 Å². The molecule has 3 nitrogen and oxygen atoms in total. The zero-order valence-corrected chi connectivity index (χ0v) is 9.54. The van der Waals surface area contributed by atoms with Gasteiger partial charge in [-0.15, -0.1) is 0 Å². The van der Waals surface area contributed by atoms with Crippen molar-refractivity contribution in [3.8, 4) is 0 Å². The summed E-state index contributed by atoms with van der Waals surface area (Å²) in [5, 5.41) is 3.06. The fraction of sp³-hybridized carbons (Fsp3) is 0.417. The maximum Gasteiger partial charge on any atom is 0.254 e. The van der Waals surface area contributed by atoms with E-state index in [1.54, 1.807) is 4.90 Å². The quantitative estimate of drug-likeness (QED) is 0.866. The SMILES string of the molecule is CCN(C(=O)c1cc(F)cc(F)c1)C1CNC1. The fourth-order valence-electron chi connectivity index (χ4n) is 1.90. The molecule has 0 atom stereocenters. The van der Waals surface area contributed by atoms with E-state index in [0.29, 0.717) is 6.54 Å². The number of nitrogens with one attached hydrogen (secondary N) is 1. The lowest BCUT2D eigenvalue weighted by atomic mass is 10.1. The molecule has 1 fully saturated rings. The largest absolute Gasteiger partial charge is 0.333 e. The smallest absolute Gasteiger partial charge is 0.254 e. The van der Waals surface area contributed by atoms with Crippen molar-refractivity contribution in [3.63, 3.8) is 0 Å². The highest BCUT2D eigenvalue weighted by molar-refractivity contribution is 5.94. The Balaban J connectivity index is 2.22. The van der Waals surface area contributed by atoms with Crippen LogP contribution in [0, 0.1) is 11.6 Å². The summed E-state index contributed by atoms with van der Waals surface area (Å²) < 4.78 is 26.1. The van der Waals surface area contributed by atoms with Gasteiger partial charge in [-0.2, -0.15) is 0 Å². The first-order valence-corrected chi connectivity index (χ1v) is 5.59. The molecule has 92 valence electrons. The summed E-state index contributed by atoms with van der Waals surface area (Å²) in [5.74, 6) is -1.77. The fourth-order valence-corrected chi connectivity index (χ4v) is 1.90. The minimum absolute atomic E-state index is 0.0660. The van der Waals surface area contributed by atoms with Crippen molar-refractivity contribution < 1.29 is 13.6 Å². The molecule has 1 aromatic rings. The Hall–Kier alpha value is -1.49. The van der Waals surface area contributed by atoms with Crippen LogP contribution >= 0.6 is 0 Å². The van der Waals surface area contributed by atoms with E-state index in [1.165, 1.54) is 0 Å². The van der Waals surface area contributed by atoms with Gasteiger partial charge in [0.2, 0.25) is 0 Å². The molecule has 0 bridgehead atoms. The second-order valence-electron chi connectivity index (χ2n) is 4.06. The van der Waals surface area contributed by atoms with Gasteiger partial charge in [0.05, 0.1) is 6.04 Å². The van der Waals surface area contributed by atoms with Gasteiger partial charge in [-0.05, 0) is 19.1 Å². The van der Waals surface area contributed by atoms with Gasteiger partial charge < -0.3 is 10.2 Å². The minimum Gasteiger partial charge on any atom is -0.333 e. The third kappa shape index (κ3) is 2.44. The van der Waals surface area contributed by atoms with Crippen molar-refractivity contribution in [2.24, 2.45) is 0 Å². The van der Waals surface area contributed by atoms with Crippen LogP contribution in [-0.2, 0) is 0 Å². The Morgan fingerprint density at radius 1 is 1.35 bits per heavy atom. The maximum atomic E-state index is 13.0. The Bertz CT molecular complexity index is 412. The summed E-state index contributed by atoms with van der Waals surface area (Å²) in [5.41, 5.74) is 0.0660. The Kier molecular flexibility index (Phi) is 3.38. The van der Waals surface area contributed by atoms with Crippen LogP contribution in [0.2, 0.25) is 0 Å². The Morgan fingerprint density at radius 2 is 1.94 bits per heavy atom. The molecule has 5 heteroatoms. The van der Waals surface area contributed by atoms with Gasteiger partial charge in [-0.1, -0.05) is 0 Å². The molecule has 0 unspecified atom stereocenters. The van der Waals surface area contributed by atoms with E-state index in [9.17, 15) is 13.6 Å². The lowest BCUT2D eigenvalue weighted by Crippen LogP contribution is -2.58. The predicted molar refractivity (Wildman–Crippen MR) is 59.7 cm³/mol. The second-order valence-corrected chi connectivity index (χ2v) is 4.06. The van der Waals surface area contributed by atoms with Crippen molar-refractivity contribution in [1.29, 1.82) is 0 Å². The minimum atomic E-state index is -0.726. The van der Waals surface area contributed by atoms with Gasteiger partial charge in [0, 0.05) is 31.3 Å². The van der Waals surface area contributed by atoms with Crippen molar-refractivity contribution in [2.75, 3.05) is 19.6 Å². The molecule has 17 heavy (non-hydrogen) atoms. The highest BCUT2D eigenvalue weighted by Gasteiger charge is 2.28. The molecule has 1 heterocycles. The van der Waals surface area contributed by atoms with Gasteiger partial charge in [-0.25, -0.2) is 8.78 Å². The monoisotopic (exact) mass is 240 g/mol. The number of likely N-dealkylation sites (N-methyl/N-ethyl adjacent to an activating group) is 1. The van der Waals surface area contributed by atoms with E-state index in [2.05, 4.69) is 5.32 Å². The van der Waals surface area contributed by atoms with E-state index in [4.69, 9.17) is 0 Å². The summed E-state index contributed by atoms with van der Waals surface area (Å²) in [6.07, 6.45) is 0. The summed E-state index contributed by atoms with van der Waals surface area (Å²) >= 11 is 0. The highest BCUT2D eigenvalue weighted by atomic mass is 19.1. The van der Waals surface area contributed by atoms with Crippen LogP contribution in [0.5, 0.6) is 0 Å². The van der Waals surface area contributed by atoms with Crippen molar-refractivity contribution in [3.05, 3.63) is 35.4 Å². The summed E-state index contributed by atoms with van der Waals surface area (Å²) in [6, 6.07) is 3.03. The van der Waals surface area contributed by atoms with Gasteiger partial charge in [0.1, 0.15) is 11.6 Å². The number of hydrogen-bond acceptors (Lipinski definition) is 2. The van der Waals surface area contributed by atoms with Crippen molar-refractivity contribution in [2.45, 2.75) is 13.0 Å². The first-order valence-electron chi connectivity index (χ1n) is 5.59. The number of nitrogens with zero attached hydrogens (tertiary/aromatic N) is 1. The van der Waals surface area contributed by atoms with Crippen LogP contribution in [0.1, 0.15) is 17.3 Å². The van der Waals surface area contributed by atoms with E-state index in [1.807, 2.05) is 6.92 Å². The van der Waals surface area contributed by atoms with Crippen LogP contribution in [0.3, 0.4) is 0 Å². The average molecular weight is 240 g/mol. The van der Waals surface area contributed by atoms with E-state index < -0.39 is 11.6 Å². The zero-order valence-electron chi connectivity index (χ0n) is 9.54. The van der Waals surface area contributed by atoms with Crippen LogP contribution in [0.15, 0.2) is 18.2 Å². The van der Waals surface area contributed by atoms with Gasteiger partial charge >= 0.3 is 0 Å². The molecule has 1 aliphatic rings. The van der Waals surface area contributed by atoms with Crippen molar-refractivity contribution >= 4 is 5.91 Å². The molecule has 0 aliphatic carbocycles. The van der Waals surface area contributed by atoms with E-state index >= 15 is 0 Å². The number of carbonyl (C=O) groups is 1. The molecule has 0 radical (unpaired) electrons. The molecule has 1 amide bonds. The number of benzene rings is 1. The third-order valence-electron chi connectivity index (χ3n) is 2.91. The summed E-state index contributed by atoms with van der Waals surface area (Å²) in [4.78, 5) is 13.7. The molecule has 0 aromatic heterocycles. The second kappa shape index (κ2) is 4.79. The molecule has 0 saturated carbocycles. The predicted octanol–water partition coefficient (Wildman–Crippen LogP) is 1.40. The maximum absolute atomic E-state index is 13.0. The Labute approximate surface area is 98.4 Å². The molecular formula is C12H14F2N2O. The van der Waals surface area contributed by atoms with Gasteiger partial charge in [-0.3, -0.25) is 4.79 Å². The molecule has 1 aromatic carbocycles. The molecular weight excluding hydrogens is 226 g/mol. The lowest BCUT2D eigenvalue weighted by molar-refractivity contribution is 0.0629. The molecule has 2 rings (SSSR count). The van der Waals surface area contributed by atoms with E-state index in [-0.39, 0.29) is 17.5 Å². The lowest BCUT2D eigenvalue weighted by Gasteiger charge is -2.37. The first kappa shape index (κ1) is 12.0. The first-order chi connectivity index (χ1) is 8.11. The van der Waals surface area contributed by atoms with Crippen LogP contribution < -0.4 is 5.32 Å².